The number of nitrogens with two attached hydrogens (primary N) is 1. The van der Waals surface area contributed by atoms with Crippen LogP contribution >= 0.6 is 0 Å². The molecule has 1 aromatic carbocycles. The maximum Gasteiger partial charge on any atom is 0.337 e. The number of hydrogen-bond donors (Lipinski definition) is 1. The van der Waals surface area contributed by atoms with E-state index in [4.69, 9.17) is 10.5 Å². The van der Waals surface area contributed by atoms with E-state index in [2.05, 4.69) is 4.90 Å². The van der Waals surface area contributed by atoms with Crippen molar-refractivity contribution >= 4 is 17.3 Å². The van der Waals surface area contributed by atoms with Crippen LogP contribution < -0.4 is 10.6 Å². The molecule has 2 N–H and O–H groups in total. The minimum absolute atomic E-state index is 0.337. The van der Waals surface area contributed by atoms with Crippen molar-refractivity contribution in [2.24, 2.45) is 5.92 Å². The van der Waals surface area contributed by atoms with Crippen LogP contribution in [0.4, 0.5) is 11.4 Å². The largest absolute Gasteiger partial charge is 0.465 e. The molecule has 0 spiro atoms. The highest BCUT2D eigenvalue weighted by Crippen LogP contribution is 2.42. The van der Waals surface area contributed by atoms with E-state index in [9.17, 15) is 4.79 Å². The molecule has 0 amide bonds. The lowest BCUT2D eigenvalue weighted by atomic mass is 10.1. The Morgan fingerprint density at radius 3 is 2.83 bits per heavy atom. The van der Waals surface area contributed by atoms with Crippen LogP contribution in [0, 0.1) is 5.92 Å². The SMILES string of the molecule is COC(=O)c1ccc(N2CC3CCC2C3)c(N)c1. The third kappa shape index (κ3) is 1.72. The van der Waals surface area contributed by atoms with Crippen molar-refractivity contribution in [1.29, 1.82) is 0 Å². The number of carbonyl (C=O) groups is 1. The van der Waals surface area contributed by atoms with Crippen molar-refractivity contribution in [1.82, 2.24) is 0 Å². The molecule has 1 saturated carbocycles. The summed E-state index contributed by atoms with van der Waals surface area (Å²) < 4.78 is 4.70. The zero-order chi connectivity index (χ0) is 12.7. The molecule has 1 aliphatic heterocycles. The second kappa shape index (κ2) is 4.19. The molecule has 18 heavy (non-hydrogen) atoms. The number of nitrogen functional groups attached to an aromatic ring is 1. The van der Waals surface area contributed by atoms with Gasteiger partial charge in [-0.2, -0.15) is 0 Å². The molecule has 4 nitrogen and oxygen atoms in total. The van der Waals surface area contributed by atoms with Crippen LogP contribution in [0.1, 0.15) is 29.6 Å². The van der Waals surface area contributed by atoms with Gasteiger partial charge in [-0.05, 0) is 43.4 Å². The maximum absolute atomic E-state index is 11.4. The molecule has 1 heterocycles. The molecular weight excluding hydrogens is 228 g/mol. The summed E-state index contributed by atoms with van der Waals surface area (Å²) in [4.78, 5) is 13.8. The molecule has 2 fully saturated rings. The smallest absolute Gasteiger partial charge is 0.337 e. The van der Waals surface area contributed by atoms with Gasteiger partial charge in [-0.3, -0.25) is 0 Å². The number of carbonyl (C=O) groups excluding carboxylic acids is 1. The van der Waals surface area contributed by atoms with Gasteiger partial charge in [0, 0.05) is 12.6 Å². The minimum atomic E-state index is -0.337. The predicted octanol–water partition coefficient (Wildman–Crippen LogP) is 2.04. The van der Waals surface area contributed by atoms with Gasteiger partial charge in [0.05, 0.1) is 24.0 Å². The van der Waals surface area contributed by atoms with Crippen LogP contribution in [0.15, 0.2) is 18.2 Å². The first-order chi connectivity index (χ1) is 8.69. The van der Waals surface area contributed by atoms with Gasteiger partial charge < -0.3 is 15.4 Å². The van der Waals surface area contributed by atoms with E-state index in [-0.39, 0.29) is 5.97 Å². The highest BCUT2D eigenvalue weighted by Gasteiger charge is 2.38. The van der Waals surface area contributed by atoms with Gasteiger partial charge in [0.25, 0.3) is 0 Å². The molecule has 96 valence electrons. The van der Waals surface area contributed by atoms with E-state index >= 15 is 0 Å². The molecule has 4 heteroatoms. The Morgan fingerprint density at radius 2 is 2.28 bits per heavy atom. The number of esters is 1. The topological polar surface area (TPSA) is 55.6 Å². The van der Waals surface area contributed by atoms with Gasteiger partial charge >= 0.3 is 5.97 Å². The Labute approximate surface area is 107 Å². The number of methoxy groups -OCH3 is 1. The summed E-state index contributed by atoms with van der Waals surface area (Å²) in [6, 6.07) is 6.10. The van der Waals surface area contributed by atoms with Crippen molar-refractivity contribution in [3.8, 4) is 0 Å². The average molecular weight is 246 g/mol. The first-order valence-electron chi connectivity index (χ1n) is 6.43. The number of anilines is 2. The fourth-order valence-corrected chi connectivity index (χ4v) is 3.28. The number of rotatable bonds is 2. The Balaban J connectivity index is 1.87. The highest BCUT2D eigenvalue weighted by atomic mass is 16.5. The molecule has 1 aromatic rings. The number of ether oxygens (including phenoxy) is 1. The zero-order valence-electron chi connectivity index (χ0n) is 10.6. The fraction of sp³-hybridized carbons (Fsp3) is 0.500. The normalized spacial score (nSPS) is 25.5. The van der Waals surface area contributed by atoms with E-state index in [0.29, 0.717) is 17.3 Å². The molecule has 0 aromatic heterocycles. The summed E-state index contributed by atoms with van der Waals surface area (Å²) in [5.74, 6) is 0.492. The second-order valence-corrected chi connectivity index (χ2v) is 5.25. The Kier molecular flexibility index (Phi) is 2.65. The highest BCUT2D eigenvalue weighted by molar-refractivity contribution is 5.92. The first-order valence-corrected chi connectivity index (χ1v) is 6.43. The summed E-state index contributed by atoms with van der Waals surface area (Å²) in [5, 5.41) is 0. The predicted molar refractivity (Wildman–Crippen MR) is 70.7 cm³/mol. The summed E-state index contributed by atoms with van der Waals surface area (Å²) in [6.07, 6.45) is 3.91. The van der Waals surface area contributed by atoms with Gasteiger partial charge in [-0.1, -0.05) is 0 Å². The van der Waals surface area contributed by atoms with E-state index in [1.165, 1.54) is 26.4 Å². The van der Waals surface area contributed by atoms with Crippen LogP contribution in [0.3, 0.4) is 0 Å². The van der Waals surface area contributed by atoms with Gasteiger partial charge in [-0.25, -0.2) is 4.79 Å². The number of nitrogens with zero attached hydrogens (tertiary/aromatic N) is 1. The quantitative estimate of drug-likeness (QED) is 0.641. The number of benzene rings is 1. The van der Waals surface area contributed by atoms with E-state index < -0.39 is 0 Å². The number of fused-ring (bicyclic) bond motifs is 2. The zero-order valence-corrected chi connectivity index (χ0v) is 10.6. The van der Waals surface area contributed by atoms with E-state index in [1.807, 2.05) is 6.07 Å². The fourth-order valence-electron chi connectivity index (χ4n) is 3.28. The van der Waals surface area contributed by atoms with Crippen molar-refractivity contribution < 1.29 is 9.53 Å². The molecule has 3 rings (SSSR count). The Bertz CT molecular complexity index is 487. The average Bonchev–Trinajstić information content (AvgIpc) is 3.00. The lowest BCUT2D eigenvalue weighted by molar-refractivity contribution is 0.0601. The Morgan fingerprint density at radius 1 is 1.44 bits per heavy atom. The van der Waals surface area contributed by atoms with E-state index in [1.54, 1.807) is 12.1 Å². The Hall–Kier alpha value is -1.71. The maximum atomic E-state index is 11.4. The van der Waals surface area contributed by atoms with Gasteiger partial charge in [0.2, 0.25) is 0 Å². The van der Waals surface area contributed by atoms with Crippen LogP contribution in [-0.2, 0) is 4.74 Å². The summed E-state index contributed by atoms with van der Waals surface area (Å²) in [6.45, 7) is 1.10. The van der Waals surface area contributed by atoms with Crippen LogP contribution in [0.2, 0.25) is 0 Å². The van der Waals surface area contributed by atoms with Crippen molar-refractivity contribution in [2.75, 3.05) is 24.3 Å². The van der Waals surface area contributed by atoms with Crippen LogP contribution in [-0.4, -0.2) is 25.7 Å². The minimum Gasteiger partial charge on any atom is -0.465 e. The first kappa shape index (κ1) is 11.4. The lowest BCUT2D eigenvalue weighted by Crippen LogP contribution is -2.32. The second-order valence-electron chi connectivity index (χ2n) is 5.25. The summed E-state index contributed by atoms with van der Waals surface area (Å²) >= 11 is 0. The van der Waals surface area contributed by atoms with Gasteiger partial charge in [-0.15, -0.1) is 0 Å². The molecule has 1 saturated heterocycles. The van der Waals surface area contributed by atoms with Crippen molar-refractivity contribution in [2.45, 2.75) is 25.3 Å². The third-order valence-electron chi connectivity index (χ3n) is 4.17. The van der Waals surface area contributed by atoms with Gasteiger partial charge in [0.15, 0.2) is 0 Å². The molecular formula is C14H18N2O2. The van der Waals surface area contributed by atoms with Crippen molar-refractivity contribution in [3.05, 3.63) is 23.8 Å². The molecule has 2 unspecified atom stereocenters. The standard InChI is InChI=1S/C14H18N2O2/c1-18-14(17)10-3-5-13(12(15)7-10)16-8-9-2-4-11(16)6-9/h3,5,7,9,11H,2,4,6,8,15H2,1H3. The summed E-state index contributed by atoms with van der Waals surface area (Å²) in [7, 11) is 1.38. The number of piperidine rings is 1. The van der Waals surface area contributed by atoms with Crippen LogP contribution in [0.5, 0.6) is 0 Å². The van der Waals surface area contributed by atoms with Crippen LogP contribution in [0.25, 0.3) is 0 Å². The molecule has 0 radical (unpaired) electrons. The third-order valence-corrected chi connectivity index (χ3v) is 4.17. The monoisotopic (exact) mass is 246 g/mol. The lowest BCUT2D eigenvalue weighted by Gasteiger charge is -2.30. The number of hydrogen-bond acceptors (Lipinski definition) is 4. The van der Waals surface area contributed by atoms with E-state index in [0.717, 1.165) is 18.2 Å². The molecule has 2 aliphatic rings. The molecule has 2 atom stereocenters. The molecule has 1 aliphatic carbocycles. The molecule has 2 bridgehead atoms. The van der Waals surface area contributed by atoms with Gasteiger partial charge in [0.1, 0.15) is 0 Å². The summed E-state index contributed by atoms with van der Waals surface area (Å²) in [5.41, 5.74) is 8.33. The van der Waals surface area contributed by atoms with Crippen molar-refractivity contribution in [3.63, 3.8) is 0 Å².